The highest BCUT2D eigenvalue weighted by Gasteiger charge is 2.35. The first kappa shape index (κ1) is 21.1. The zero-order chi connectivity index (χ0) is 22.2. The van der Waals surface area contributed by atoms with Crippen molar-refractivity contribution in [1.82, 2.24) is 19.3 Å². The van der Waals surface area contributed by atoms with E-state index >= 15 is 0 Å². The van der Waals surface area contributed by atoms with Crippen LogP contribution in [0, 0.1) is 18.6 Å². The van der Waals surface area contributed by atoms with Crippen molar-refractivity contribution in [2.24, 2.45) is 0 Å². The van der Waals surface area contributed by atoms with Gasteiger partial charge in [0.05, 0.1) is 24.2 Å². The van der Waals surface area contributed by atoms with E-state index in [9.17, 15) is 22.0 Å². The topological polar surface area (TPSA) is 94.4 Å². The van der Waals surface area contributed by atoms with Gasteiger partial charge in [0.15, 0.2) is 0 Å². The molecule has 3 aromatic rings. The fraction of sp³-hybridized carbons (Fsp3) is 0.250. The highest BCUT2D eigenvalue weighted by Crippen LogP contribution is 2.23. The summed E-state index contributed by atoms with van der Waals surface area (Å²) in [4.78, 5) is 12.1. The molecule has 2 heterocycles. The van der Waals surface area contributed by atoms with Crippen molar-refractivity contribution < 1.29 is 26.7 Å². The molecule has 0 radical (unpaired) electrons. The Morgan fingerprint density at radius 3 is 2.61 bits per heavy atom. The molecule has 0 aliphatic carbocycles. The van der Waals surface area contributed by atoms with Gasteiger partial charge in [0.1, 0.15) is 30.0 Å². The van der Waals surface area contributed by atoms with Crippen LogP contribution >= 0.6 is 0 Å². The summed E-state index contributed by atoms with van der Waals surface area (Å²) in [6.07, 6.45) is 0.603. The molecule has 0 saturated carbocycles. The predicted molar refractivity (Wildman–Crippen MR) is 105 cm³/mol. The van der Waals surface area contributed by atoms with E-state index in [0.29, 0.717) is 0 Å². The van der Waals surface area contributed by atoms with E-state index in [4.69, 9.17) is 4.74 Å². The number of hydrogen-bond acceptors (Lipinski definition) is 6. The van der Waals surface area contributed by atoms with E-state index in [-0.39, 0.29) is 29.2 Å². The average Bonchev–Trinajstić information content (AvgIpc) is 3.16. The minimum Gasteiger partial charge on any atom is -0.458 e. The van der Waals surface area contributed by atoms with E-state index in [0.717, 1.165) is 22.0 Å². The standard InChI is InChI=1S/C20H18F2N4O4S/c1-13-2-5-16(6-3-13)31(28,29)26-10-15(30-20(27)12-26)9-25-11-19(23-24-25)17-7-4-14(21)8-18(17)22/h2-8,11,15H,9-10,12H2,1H3. The SMILES string of the molecule is Cc1ccc(S(=O)(=O)N2CC(=O)OC(Cn3cc(-c4ccc(F)cc4F)nn3)C2)cc1. The lowest BCUT2D eigenvalue weighted by molar-refractivity contribution is -0.156. The molecule has 1 atom stereocenters. The Morgan fingerprint density at radius 2 is 1.90 bits per heavy atom. The van der Waals surface area contributed by atoms with Gasteiger partial charge in [0, 0.05) is 11.6 Å². The number of hydrogen-bond donors (Lipinski definition) is 0. The van der Waals surface area contributed by atoms with Gasteiger partial charge in [-0.2, -0.15) is 4.31 Å². The van der Waals surface area contributed by atoms with Gasteiger partial charge in [-0.1, -0.05) is 22.9 Å². The van der Waals surface area contributed by atoms with Crippen molar-refractivity contribution in [2.45, 2.75) is 24.5 Å². The minimum atomic E-state index is -3.88. The van der Waals surface area contributed by atoms with E-state index in [1.807, 2.05) is 6.92 Å². The zero-order valence-electron chi connectivity index (χ0n) is 16.4. The smallest absolute Gasteiger partial charge is 0.321 e. The Kier molecular flexibility index (Phi) is 5.54. The van der Waals surface area contributed by atoms with Crippen molar-refractivity contribution in [3.63, 3.8) is 0 Å². The molecule has 31 heavy (non-hydrogen) atoms. The molecular formula is C20H18F2N4O4S. The maximum atomic E-state index is 14.0. The van der Waals surface area contributed by atoms with E-state index in [1.54, 1.807) is 12.1 Å². The van der Waals surface area contributed by atoms with Crippen LogP contribution in [0.5, 0.6) is 0 Å². The molecule has 0 bridgehead atoms. The quantitative estimate of drug-likeness (QED) is 0.555. The number of aromatic nitrogens is 3. The molecule has 8 nitrogen and oxygen atoms in total. The number of rotatable bonds is 5. The van der Waals surface area contributed by atoms with Gasteiger partial charge in [0.2, 0.25) is 10.0 Å². The summed E-state index contributed by atoms with van der Waals surface area (Å²) in [7, 11) is -3.88. The number of carbonyl (C=O) groups is 1. The van der Waals surface area contributed by atoms with Crippen LogP contribution in [0.4, 0.5) is 8.78 Å². The number of halogens is 2. The minimum absolute atomic E-state index is 0.0153. The van der Waals surface area contributed by atoms with Crippen LogP contribution in [0.3, 0.4) is 0 Å². The van der Waals surface area contributed by atoms with E-state index < -0.39 is 40.3 Å². The third-order valence-electron chi connectivity index (χ3n) is 4.81. The summed E-state index contributed by atoms with van der Waals surface area (Å²) in [5, 5.41) is 7.74. The number of ether oxygens (including phenoxy) is 1. The molecular weight excluding hydrogens is 430 g/mol. The van der Waals surface area contributed by atoms with E-state index in [2.05, 4.69) is 10.3 Å². The first-order chi connectivity index (χ1) is 14.7. The fourth-order valence-corrected chi connectivity index (χ4v) is 4.67. The summed E-state index contributed by atoms with van der Waals surface area (Å²) in [5.74, 6) is -2.18. The van der Waals surface area contributed by atoms with Crippen LogP contribution in [0.25, 0.3) is 11.3 Å². The number of aryl methyl sites for hydroxylation is 1. The Morgan fingerprint density at radius 1 is 1.16 bits per heavy atom. The molecule has 4 rings (SSSR count). The largest absolute Gasteiger partial charge is 0.458 e. The monoisotopic (exact) mass is 448 g/mol. The van der Waals surface area contributed by atoms with Gasteiger partial charge < -0.3 is 4.74 Å². The van der Waals surface area contributed by atoms with Crippen molar-refractivity contribution in [3.05, 3.63) is 65.9 Å². The second kappa shape index (κ2) is 8.16. The lowest BCUT2D eigenvalue weighted by Crippen LogP contribution is -2.49. The summed E-state index contributed by atoms with van der Waals surface area (Å²) >= 11 is 0. The number of carbonyl (C=O) groups excluding carboxylic acids is 1. The van der Waals surface area contributed by atoms with Gasteiger partial charge in [0.25, 0.3) is 0 Å². The second-order valence-electron chi connectivity index (χ2n) is 7.17. The number of sulfonamides is 1. The summed E-state index contributed by atoms with van der Waals surface area (Å²) in [6.45, 7) is 1.40. The van der Waals surface area contributed by atoms with Gasteiger partial charge in [-0.25, -0.2) is 21.9 Å². The average molecular weight is 448 g/mol. The molecule has 0 amide bonds. The van der Waals surface area contributed by atoms with Gasteiger partial charge in [-0.3, -0.25) is 4.79 Å². The fourth-order valence-electron chi connectivity index (χ4n) is 3.25. The predicted octanol–water partition coefficient (Wildman–Crippen LogP) is 2.15. The van der Waals surface area contributed by atoms with E-state index in [1.165, 1.54) is 29.1 Å². The van der Waals surface area contributed by atoms with Gasteiger partial charge in [-0.15, -0.1) is 5.10 Å². The highest BCUT2D eigenvalue weighted by atomic mass is 32.2. The second-order valence-corrected chi connectivity index (χ2v) is 9.11. The lowest BCUT2D eigenvalue weighted by Gasteiger charge is -2.31. The first-order valence-corrected chi connectivity index (χ1v) is 10.8. The normalized spacial score (nSPS) is 17.5. The molecule has 162 valence electrons. The highest BCUT2D eigenvalue weighted by molar-refractivity contribution is 7.89. The maximum absolute atomic E-state index is 14.0. The Balaban J connectivity index is 1.51. The molecule has 1 unspecified atom stereocenters. The summed E-state index contributed by atoms with van der Waals surface area (Å²) in [5.41, 5.74) is 1.15. The van der Waals surface area contributed by atoms with Gasteiger partial charge in [-0.05, 0) is 31.2 Å². The van der Waals surface area contributed by atoms with Crippen LogP contribution < -0.4 is 0 Å². The number of nitrogens with zero attached hydrogens (tertiary/aromatic N) is 4. The molecule has 1 aliphatic heterocycles. The molecule has 1 aromatic heterocycles. The van der Waals surface area contributed by atoms with Crippen molar-refractivity contribution in [3.8, 4) is 11.3 Å². The number of cyclic esters (lactones) is 1. The van der Waals surface area contributed by atoms with Crippen LogP contribution in [0.1, 0.15) is 5.56 Å². The van der Waals surface area contributed by atoms with Crippen molar-refractivity contribution in [1.29, 1.82) is 0 Å². The third kappa shape index (κ3) is 4.47. The Labute approximate surface area is 177 Å². The lowest BCUT2D eigenvalue weighted by atomic mass is 10.1. The molecule has 2 aromatic carbocycles. The van der Waals surface area contributed by atoms with Crippen LogP contribution in [0.2, 0.25) is 0 Å². The third-order valence-corrected chi connectivity index (χ3v) is 6.63. The Bertz CT molecular complexity index is 1230. The molecule has 1 aliphatic rings. The zero-order valence-corrected chi connectivity index (χ0v) is 17.2. The van der Waals surface area contributed by atoms with Crippen molar-refractivity contribution >= 4 is 16.0 Å². The number of benzene rings is 2. The molecule has 1 fully saturated rings. The van der Waals surface area contributed by atoms with Crippen LogP contribution in [-0.2, 0) is 26.1 Å². The molecule has 0 N–H and O–H groups in total. The summed E-state index contributed by atoms with van der Waals surface area (Å²) in [6, 6.07) is 9.42. The van der Waals surface area contributed by atoms with Crippen LogP contribution in [-0.4, -0.2) is 52.9 Å². The molecule has 1 saturated heterocycles. The Hall–Kier alpha value is -3.18. The molecule has 11 heteroatoms. The number of esters is 1. The van der Waals surface area contributed by atoms with Crippen LogP contribution in [0.15, 0.2) is 53.6 Å². The van der Waals surface area contributed by atoms with Gasteiger partial charge >= 0.3 is 5.97 Å². The molecule has 0 spiro atoms. The van der Waals surface area contributed by atoms with Crippen molar-refractivity contribution in [2.75, 3.05) is 13.1 Å². The number of morpholine rings is 1. The first-order valence-electron chi connectivity index (χ1n) is 9.34. The maximum Gasteiger partial charge on any atom is 0.321 e. The summed E-state index contributed by atoms with van der Waals surface area (Å²) < 4.78 is 60.5.